The first-order chi connectivity index (χ1) is 8.73. The fourth-order valence-electron chi connectivity index (χ4n) is 2.30. The quantitative estimate of drug-likeness (QED) is 0.809. The zero-order chi connectivity index (χ0) is 13.0. The van der Waals surface area contributed by atoms with E-state index in [0.717, 1.165) is 13.1 Å². The Balaban J connectivity index is 2.33. The van der Waals surface area contributed by atoms with Crippen LogP contribution >= 0.6 is 0 Å². The SMILES string of the molecule is COc1cccnc1C(=O)C1(OC)CCNCC1. The molecule has 1 aliphatic rings. The molecule has 1 fully saturated rings. The average molecular weight is 250 g/mol. The summed E-state index contributed by atoms with van der Waals surface area (Å²) in [5.41, 5.74) is -0.420. The summed E-state index contributed by atoms with van der Waals surface area (Å²) >= 11 is 0. The number of rotatable bonds is 4. The van der Waals surface area contributed by atoms with Crippen molar-refractivity contribution in [3.05, 3.63) is 24.0 Å². The highest BCUT2D eigenvalue weighted by molar-refractivity contribution is 6.03. The van der Waals surface area contributed by atoms with Crippen LogP contribution in [0.2, 0.25) is 0 Å². The molecule has 1 aliphatic heterocycles. The number of methoxy groups -OCH3 is 2. The minimum absolute atomic E-state index is 0.0936. The third-order valence-corrected chi connectivity index (χ3v) is 3.42. The Hall–Kier alpha value is -1.46. The van der Waals surface area contributed by atoms with E-state index < -0.39 is 5.60 Å². The summed E-state index contributed by atoms with van der Waals surface area (Å²) < 4.78 is 10.7. The number of carbonyl (C=O) groups is 1. The van der Waals surface area contributed by atoms with E-state index in [1.165, 1.54) is 7.11 Å². The first-order valence-corrected chi connectivity index (χ1v) is 6.03. The number of ether oxygens (including phenoxy) is 2. The molecule has 0 amide bonds. The summed E-state index contributed by atoms with van der Waals surface area (Å²) in [7, 11) is 3.12. The first kappa shape index (κ1) is 13.0. The molecule has 1 aromatic heterocycles. The molecule has 98 valence electrons. The van der Waals surface area contributed by atoms with Gasteiger partial charge in [0.25, 0.3) is 0 Å². The van der Waals surface area contributed by atoms with Crippen LogP contribution in [0.25, 0.3) is 0 Å². The Morgan fingerprint density at radius 2 is 2.11 bits per heavy atom. The van der Waals surface area contributed by atoms with Gasteiger partial charge in [0.15, 0.2) is 5.69 Å². The second kappa shape index (κ2) is 5.46. The predicted molar refractivity (Wildman–Crippen MR) is 67.0 cm³/mol. The third kappa shape index (κ3) is 2.23. The summed E-state index contributed by atoms with van der Waals surface area (Å²) in [5, 5.41) is 3.22. The molecule has 0 saturated carbocycles. The van der Waals surface area contributed by atoms with E-state index in [9.17, 15) is 4.79 Å². The zero-order valence-corrected chi connectivity index (χ0v) is 10.7. The number of piperidine rings is 1. The molecule has 1 aromatic rings. The van der Waals surface area contributed by atoms with E-state index in [2.05, 4.69) is 10.3 Å². The summed E-state index contributed by atoms with van der Waals surface area (Å²) in [5.74, 6) is 0.404. The highest BCUT2D eigenvalue weighted by Gasteiger charge is 2.41. The van der Waals surface area contributed by atoms with Crippen LogP contribution in [0.1, 0.15) is 23.3 Å². The Labute approximate surface area is 107 Å². The fraction of sp³-hybridized carbons (Fsp3) is 0.538. The summed E-state index contributed by atoms with van der Waals surface area (Å²) in [6.45, 7) is 1.55. The topological polar surface area (TPSA) is 60.5 Å². The molecular formula is C13H18N2O3. The van der Waals surface area contributed by atoms with Crippen LogP contribution in [-0.4, -0.2) is 43.7 Å². The van der Waals surface area contributed by atoms with E-state index in [1.807, 2.05) is 0 Å². The van der Waals surface area contributed by atoms with Gasteiger partial charge in [-0.15, -0.1) is 0 Å². The molecule has 5 nitrogen and oxygen atoms in total. The maximum atomic E-state index is 12.6. The van der Waals surface area contributed by atoms with E-state index in [-0.39, 0.29) is 5.78 Å². The van der Waals surface area contributed by atoms with Crippen LogP contribution in [0, 0.1) is 0 Å². The largest absolute Gasteiger partial charge is 0.494 e. The molecule has 0 aliphatic carbocycles. The van der Waals surface area contributed by atoms with E-state index >= 15 is 0 Å². The number of ketones is 1. The second-order valence-electron chi connectivity index (χ2n) is 4.33. The highest BCUT2D eigenvalue weighted by atomic mass is 16.5. The number of Topliss-reactive ketones (excluding diaryl/α,β-unsaturated/α-hetero) is 1. The third-order valence-electron chi connectivity index (χ3n) is 3.42. The number of carbonyl (C=O) groups excluding carboxylic acids is 1. The number of nitrogens with zero attached hydrogens (tertiary/aromatic N) is 1. The minimum atomic E-state index is -0.771. The molecule has 0 aromatic carbocycles. The van der Waals surface area contributed by atoms with Gasteiger partial charge < -0.3 is 14.8 Å². The molecule has 0 spiro atoms. The van der Waals surface area contributed by atoms with Gasteiger partial charge in [0.2, 0.25) is 5.78 Å². The molecule has 0 unspecified atom stereocenters. The molecular weight excluding hydrogens is 232 g/mol. The normalized spacial score (nSPS) is 18.3. The van der Waals surface area contributed by atoms with Crippen LogP contribution in [0.3, 0.4) is 0 Å². The number of pyridine rings is 1. The van der Waals surface area contributed by atoms with Crippen LogP contribution in [0.15, 0.2) is 18.3 Å². The maximum Gasteiger partial charge on any atom is 0.216 e. The van der Waals surface area contributed by atoms with E-state index in [4.69, 9.17) is 9.47 Å². The van der Waals surface area contributed by atoms with Crippen molar-refractivity contribution in [3.63, 3.8) is 0 Å². The van der Waals surface area contributed by atoms with Crippen molar-refractivity contribution in [1.29, 1.82) is 0 Å². The molecule has 18 heavy (non-hydrogen) atoms. The fourth-order valence-corrected chi connectivity index (χ4v) is 2.30. The monoisotopic (exact) mass is 250 g/mol. The summed E-state index contributed by atoms with van der Waals surface area (Å²) in [4.78, 5) is 16.8. The Morgan fingerprint density at radius 1 is 1.39 bits per heavy atom. The lowest BCUT2D eigenvalue weighted by atomic mass is 9.86. The predicted octanol–water partition coefficient (Wildman–Crippen LogP) is 1.04. The Kier molecular flexibility index (Phi) is 3.93. The van der Waals surface area contributed by atoms with Gasteiger partial charge in [-0.25, -0.2) is 4.98 Å². The summed E-state index contributed by atoms with van der Waals surface area (Å²) in [6.07, 6.45) is 2.91. The number of nitrogens with one attached hydrogen (secondary N) is 1. The smallest absolute Gasteiger partial charge is 0.216 e. The van der Waals surface area contributed by atoms with Crippen molar-refractivity contribution >= 4 is 5.78 Å². The number of hydrogen-bond acceptors (Lipinski definition) is 5. The Morgan fingerprint density at radius 3 is 2.72 bits per heavy atom. The molecule has 0 radical (unpaired) electrons. The average Bonchev–Trinajstić information content (AvgIpc) is 2.47. The number of hydrogen-bond donors (Lipinski definition) is 1. The van der Waals surface area contributed by atoms with E-state index in [1.54, 1.807) is 25.4 Å². The van der Waals surface area contributed by atoms with Crippen molar-refractivity contribution in [3.8, 4) is 5.75 Å². The zero-order valence-electron chi connectivity index (χ0n) is 10.7. The lowest BCUT2D eigenvalue weighted by Gasteiger charge is -2.34. The van der Waals surface area contributed by atoms with Gasteiger partial charge in [0.05, 0.1) is 7.11 Å². The van der Waals surface area contributed by atoms with Gasteiger partial charge in [-0.1, -0.05) is 0 Å². The van der Waals surface area contributed by atoms with E-state index in [0.29, 0.717) is 24.3 Å². The molecule has 2 rings (SSSR count). The van der Waals surface area contributed by atoms with Crippen LogP contribution < -0.4 is 10.1 Å². The van der Waals surface area contributed by atoms with Gasteiger partial charge >= 0.3 is 0 Å². The van der Waals surface area contributed by atoms with Gasteiger partial charge in [-0.05, 0) is 38.1 Å². The van der Waals surface area contributed by atoms with Crippen molar-refractivity contribution in [1.82, 2.24) is 10.3 Å². The standard InChI is InChI=1S/C13H18N2O3/c1-17-10-4-3-7-15-11(10)12(16)13(18-2)5-8-14-9-6-13/h3-4,7,14H,5-6,8-9H2,1-2H3. The summed E-state index contributed by atoms with van der Waals surface area (Å²) in [6, 6.07) is 3.49. The Bertz CT molecular complexity index is 428. The second-order valence-corrected chi connectivity index (χ2v) is 4.33. The van der Waals surface area contributed by atoms with Gasteiger partial charge in [0, 0.05) is 13.3 Å². The lowest BCUT2D eigenvalue weighted by molar-refractivity contribution is -0.0159. The maximum absolute atomic E-state index is 12.6. The van der Waals surface area contributed by atoms with Crippen LogP contribution in [0.5, 0.6) is 5.75 Å². The van der Waals surface area contributed by atoms with Crippen molar-refractivity contribution in [2.24, 2.45) is 0 Å². The van der Waals surface area contributed by atoms with Crippen molar-refractivity contribution in [2.75, 3.05) is 27.3 Å². The molecule has 2 heterocycles. The molecule has 1 N–H and O–H groups in total. The molecule has 5 heteroatoms. The highest BCUT2D eigenvalue weighted by Crippen LogP contribution is 2.29. The van der Waals surface area contributed by atoms with Crippen LogP contribution in [0.4, 0.5) is 0 Å². The first-order valence-electron chi connectivity index (χ1n) is 6.03. The van der Waals surface area contributed by atoms with Gasteiger partial charge in [0.1, 0.15) is 11.4 Å². The van der Waals surface area contributed by atoms with Gasteiger partial charge in [-0.2, -0.15) is 0 Å². The number of aromatic nitrogens is 1. The minimum Gasteiger partial charge on any atom is -0.494 e. The van der Waals surface area contributed by atoms with Gasteiger partial charge in [-0.3, -0.25) is 4.79 Å². The molecule has 0 bridgehead atoms. The van der Waals surface area contributed by atoms with Crippen molar-refractivity contribution in [2.45, 2.75) is 18.4 Å². The van der Waals surface area contributed by atoms with Crippen LogP contribution in [-0.2, 0) is 4.74 Å². The molecule has 1 saturated heterocycles. The van der Waals surface area contributed by atoms with Crippen molar-refractivity contribution < 1.29 is 14.3 Å². The lowest BCUT2D eigenvalue weighted by Crippen LogP contribution is -2.49. The molecule has 0 atom stereocenters.